The highest BCUT2D eigenvalue weighted by molar-refractivity contribution is 6.31. The first kappa shape index (κ1) is 20.7. The van der Waals surface area contributed by atoms with Crippen LogP contribution in [0.4, 0.5) is 18.9 Å². The van der Waals surface area contributed by atoms with Gasteiger partial charge in [0.1, 0.15) is 17.2 Å². The summed E-state index contributed by atoms with van der Waals surface area (Å²) >= 11 is 5.87. The minimum atomic E-state index is -4.51. The van der Waals surface area contributed by atoms with Gasteiger partial charge in [-0.05, 0) is 36.4 Å². The van der Waals surface area contributed by atoms with E-state index in [1.165, 1.54) is 32.4 Å². The number of hydrogen-bond donors (Lipinski definition) is 1. The van der Waals surface area contributed by atoms with Crippen molar-refractivity contribution in [3.05, 3.63) is 47.0 Å². The highest BCUT2D eigenvalue weighted by Gasteiger charge is 2.29. The molecule has 0 aliphatic heterocycles. The van der Waals surface area contributed by atoms with Crippen LogP contribution in [-0.4, -0.2) is 32.9 Å². The number of amides is 1. The fourth-order valence-corrected chi connectivity index (χ4v) is 2.44. The summed E-state index contributed by atoms with van der Waals surface area (Å²) in [5.74, 6) is 0.393. The van der Waals surface area contributed by atoms with Crippen LogP contribution in [-0.2, 0) is 11.2 Å². The van der Waals surface area contributed by atoms with Crippen molar-refractivity contribution in [2.24, 2.45) is 0 Å². The minimum Gasteiger partial charge on any atom is -0.497 e. The second-order valence-electron chi connectivity index (χ2n) is 5.45. The Morgan fingerprint density at radius 3 is 2.41 bits per heavy atom. The molecule has 0 saturated carbocycles. The van der Waals surface area contributed by atoms with Gasteiger partial charge in [-0.3, -0.25) is 4.79 Å². The van der Waals surface area contributed by atoms with E-state index in [-0.39, 0.29) is 22.9 Å². The van der Waals surface area contributed by atoms with Gasteiger partial charge in [0.25, 0.3) is 0 Å². The molecule has 9 heteroatoms. The normalized spacial score (nSPS) is 11.0. The summed E-state index contributed by atoms with van der Waals surface area (Å²) in [6, 6.07) is 8.91. The second-order valence-corrected chi connectivity index (χ2v) is 5.88. The summed E-state index contributed by atoms with van der Waals surface area (Å²) in [4.78, 5) is 12.4. The van der Waals surface area contributed by atoms with Crippen LogP contribution in [0.3, 0.4) is 0 Å². The Kier molecular flexibility index (Phi) is 6.79. The highest BCUT2D eigenvalue weighted by Crippen LogP contribution is 2.30. The molecule has 0 spiro atoms. The predicted molar refractivity (Wildman–Crippen MR) is 94.9 cm³/mol. The van der Waals surface area contributed by atoms with Gasteiger partial charge in [-0.2, -0.15) is 13.2 Å². The van der Waals surface area contributed by atoms with Gasteiger partial charge in [0.15, 0.2) is 6.61 Å². The van der Waals surface area contributed by atoms with E-state index < -0.39 is 18.7 Å². The third-order valence-corrected chi connectivity index (χ3v) is 3.68. The Hall–Kier alpha value is -2.61. The number of carbonyl (C=O) groups excluding carboxylic acids is 1. The number of carbonyl (C=O) groups is 1. The van der Waals surface area contributed by atoms with Gasteiger partial charge < -0.3 is 19.5 Å². The lowest BCUT2D eigenvalue weighted by molar-refractivity contribution is -0.153. The van der Waals surface area contributed by atoms with Crippen molar-refractivity contribution in [3.63, 3.8) is 0 Å². The number of methoxy groups -OCH3 is 2. The van der Waals surface area contributed by atoms with Crippen LogP contribution >= 0.6 is 11.6 Å². The average Bonchev–Trinajstić information content (AvgIpc) is 2.60. The molecule has 146 valence electrons. The van der Waals surface area contributed by atoms with E-state index in [4.69, 9.17) is 25.8 Å². The molecule has 1 N–H and O–H groups in total. The lowest BCUT2D eigenvalue weighted by atomic mass is 10.1. The summed E-state index contributed by atoms with van der Waals surface area (Å²) in [5.41, 5.74) is 0.591. The molecule has 2 rings (SSSR count). The molecule has 0 aliphatic carbocycles. The third-order valence-electron chi connectivity index (χ3n) is 3.45. The van der Waals surface area contributed by atoms with E-state index in [1.54, 1.807) is 18.2 Å². The molecular weight excluding hydrogens is 387 g/mol. The molecule has 27 heavy (non-hydrogen) atoms. The SMILES string of the molecule is COc1ccc(OC)c(CC(=O)Nc2cc(Cl)ccc2OCC(F)(F)F)c1. The molecule has 0 fully saturated rings. The molecule has 0 heterocycles. The maximum Gasteiger partial charge on any atom is 0.422 e. The Morgan fingerprint density at radius 1 is 1.07 bits per heavy atom. The average molecular weight is 404 g/mol. The zero-order valence-corrected chi connectivity index (χ0v) is 15.3. The van der Waals surface area contributed by atoms with Crippen molar-refractivity contribution >= 4 is 23.2 Å². The molecule has 1 amide bonds. The monoisotopic (exact) mass is 403 g/mol. The first-order valence-corrected chi connectivity index (χ1v) is 8.09. The number of hydrogen-bond acceptors (Lipinski definition) is 4. The number of benzene rings is 2. The maximum atomic E-state index is 12.4. The topological polar surface area (TPSA) is 56.8 Å². The van der Waals surface area contributed by atoms with E-state index in [2.05, 4.69) is 5.32 Å². The number of rotatable bonds is 7. The first-order valence-electron chi connectivity index (χ1n) is 7.71. The molecule has 2 aromatic carbocycles. The fourth-order valence-electron chi connectivity index (χ4n) is 2.27. The van der Waals surface area contributed by atoms with Gasteiger partial charge in [-0.15, -0.1) is 0 Å². The number of nitrogens with one attached hydrogen (secondary N) is 1. The molecule has 0 radical (unpaired) electrons. The predicted octanol–water partition coefficient (Wildman–Crippen LogP) is 4.48. The van der Waals surface area contributed by atoms with Crippen LogP contribution < -0.4 is 19.5 Å². The van der Waals surface area contributed by atoms with Crippen LogP contribution in [0.2, 0.25) is 5.02 Å². The van der Waals surface area contributed by atoms with Gasteiger partial charge in [0.05, 0.1) is 26.3 Å². The molecule has 0 atom stereocenters. The van der Waals surface area contributed by atoms with Crippen LogP contribution in [0.5, 0.6) is 17.2 Å². The summed E-state index contributed by atoms with van der Waals surface area (Å²) in [6.07, 6.45) is -4.60. The van der Waals surface area contributed by atoms with Gasteiger partial charge >= 0.3 is 6.18 Å². The van der Waals surface area contributed by atoms with Gasteiger partial charge in [-0.25, -0.2) is 0 Å². The third kappa shape index (κ3) is 6.25. The maximum absolute atomic E-state index is 12.4. The number of anilines is 1. The molecule has 0 unspecified atom stereocenters. The number of halogens is 4. The van der Waals surface area contributed by atoms with Crippen molar-refractivity contribution in [2.45, 2.75) is 12.6 Å². The van der Waals surface area contributed by atoms with Crippen LogP contribution in [0.1, 0.15) is 5.56 Å². The van der Waals surface area contributed by atoms with Crippen molar-refractivity contribution < 1.29 is 32.2 Å². The number of alkyl halides is 3. The van der Waals surface area contributed by atoms with E-state index in [1.807, 2.05) is 0 Å². The lowest BCUT2D eigenvalue weighted by Gasteiger charge is -2.15. The van der Waals surface area contributed by atoms with E-state index >= 15 is 0 Å². The zero-order valence-electron chi connectivity index (χ0n) is 14.5. The van der Waals surface area contributed by atoms with E-state index in [9.17, 15) is 18.0 Å². The van der Waals surface area contributed by atoms with Gasteiger partial charge in [0, 0.05) is 10.6 Å². The zero-order chi connectivity index (χ0) is 20.0. The Morgan fingerprint density at radius 2 is 1.78 bits per heavy atom. The van der Waals surface area contributed by atoms with Crippen molar-refractivity contribution in [2.75, 3.05) is 26.1 Å². The number of ether oxygens (including phenoxy) is 3. The highest BCUT2D eigenvalue weighted by atomic mass is 35.5. The van der Waals surface area contributed by atoms with Gasteiger partial charge in [-0.1, -0.05) is 11.6 Å². The van der Waals surface area contributed by atoms with Crippen LogP contribution in [0.15, 0.2) is 36.4 Å². The summed E-state index contributed by atoms with van der Waals surface area (Å²) in [6.45, 7) is -1.48. The van der Waals surface area contributed by atoms with Crippen molar-refractivity contribution in [1.29, 1.82) is 0 Å². The Labute approximate surface area is 159 Å². The summed E-state index contributed by atoms with van der Waals surface area (Å²) in [5, 5.41) is 2.75. The molecule has 0 bridgehead atoms. The first-order chi connectivity index (χ1) is 12.7. The largest absolute Gasteiger partial charge is 0.497 e. The van der Waals surface area contributed by atoms with Crippen molar-refractivity contribution in [1.82, 2.24) is 0 Å². The molecule has 5 nitrogen and oxygen atoms in total. The quantitative estimate of drug-likeness (QED) is 0.740. The molecule has 2 aromatic rings. The van der Waals surface area contributed by atoms with Crippen LogP contribution in [0.25, 0.3) is 0 Å². The van der Waals surface area contributed by atoms with E-state index in [0.717, 1.165) is 0 Å². The van der Waals surface area contributed by atoms with Gasteiger partial charge in [0.2, 0.25) is 5.91 Å². The standard InChI is InChI=1S/C18H17ClF3NO4/c1-25-13-4-6-15(26-2)11(7-13)8-17(24)23-14-9-12(19)3-5-16(14)27-10-18(20,21)22/h3-7,9H,8,10H2,1-2H3,(H,23,24). The smallest absolute Gasteiger partial charge is 0.422 e. The van der Waals surface area contributed by atoms with Crippen LogP contribution in [0, 0.1) is 0 Å². The molecule has 0 aromatic heterocycles. The summed E-state index contributed by atoms with van der Waals surface area (Å²) < 4.78 is 52.3. The van der Waals surface area contributed by atoms with Crippen molar-refractivity contribution in [3.8, 4) is 17.2 Å². The Balaban J connectivity index is 2.17. The molecular formula is C18H17ClF3NO4. The lowest BCUT2D eigenvalue weighted by Crippen LogP contribution is -2.21. The molecule has 0 aliphatic rings. The Bertz CT molecular complexity index is 812. The minimum absolute atomic E-state index is 0.0404. The fraction of sp³-hybridized carbons (Fsp3) is 0.278. The van der Waals surface area contributed by atoms with E-state index in [0.29, 0.717) is 17.1 Å². The second kappa shape index (κ2) is 8.85. The molecule has 0 saturated heterocycles. The summed E-state index contributed by atoms with van der Waals surface area (Å²) in [7, 11) is 2.95.